The number of carbonyl (C=O) groups excluding carboxylic acids is 2. The van der Waals surface area contributed by atoms with Gasteiger partial charge >= 0.3 is 5.97 Å². The topological polar surface area (TPSA) is 80.9 Å². The van der Waals surface area contributed by atoms with Crippen molar-refractivity contribution < 1.29 is 23.8 Å². The summed E-state index contributed by atoms with van der Waals surface area (Å²) in [5, 5.41) is 0.882. The van der Waals surface area contributed by atoms with E-state index in [9.17, 15) is 9.59 Å². The molecule has 1 aliphatic carbocycles. The maximum atomic E-state index is 12.6. The molecule has 0 spiro atoms. The Morgan fingerprint density at radius 3 is 2.96 bits per heavy atom. The Hall–Kier alpha value is -2.54. The van der Waals surface area contributed by atoms with Crippen LogP contribution >= 0.6 is 0 Å². The van der Waals surface area contributed by atoms with E-state index in [0.717, 1.165) is 36.6 Å². The summed E-state index contributed by atoms with van der Waals surface area (Å²) in [6.07, 6.45) is 4.31. The Labute approximate surface area is 157 Å². The number of benzene rings is 1. The number of nitrogens with zero attached hydrogens (tertiary/aromatic N) is 1. The van der Waals surface area contributed by atoms with Gasteiger partial charge in [-0.1, -0.05) is 12.8 Å². The monoisotopic (exact) mass is 372 g/mol. The normalized spacial score (nSPS) is 22.3. The van der Waals surface area contributed by atoms with E-state index in [1.807, 2.05) is 23.1 Å². The van der Waals surface area contributed by atoms with E-state index >= 15 is 0 Å². The number of esters is 1. The minimum atomic E-state index is -0.535. The lowest BCUT2D eigenvalue weighted by Gasteiger charge is -2.43. The third-order valence-corrected chi connectivity index (χ3v) is 5.43. The molecule has 0 radical (unpaired) electrons. The van der Waals surface area contributed by atoms with Crippen LogP contribution in [-0.4, -0.2) is 60.8 Å². The SMILES string of the molecule is COc1ccc2cc(C(=O)OCC(=O)N3CCO[C@@H]4CCCC[C@@H]43)[nH]c2c1. The van der Waals surface area contributed by atoms with Crippen molar-refractivity contribution in [2.45, 2.75) is 37.8 Å². The lowest BCUT2D eigenvalue weighted by molar-refractivity contribution is -0.152. The summed E-state index contributed by atoms with van der Waals surface area (Å²) >= 11 is 0. The molecule has 7 nitrogen and oxygen atoms in total. The molecule has 1 saturated heterocycles. The number of aromatic nitrogens is 1. The second-order valence-electron chi connectivity index (χ2n) is 7.06. The van der Waals surface area contributed by atoms with E-state index in [4.69, 9.17) is 14.2 Å². The zero-order valence-corrected chi connectivity index (χ0v) is 15.4. The Balaban J connectivity index is 1.39. The van der Waals surface area contributed by atoms with Gasteiger partial charge in [-0.05, 0) is 31.0 Å². The molecule has 1 aliphatic heterocycles. The van der Waals surface area contributed by atoms with E-state index in [-0.39, 0.29) is 24.7 Å². The van der Waals surface area contributed by atoms with Gasteiger partial charge in [-0.15, -0.1) is 0 Å². The van der Waals surface area contributed by atoms with Gasteiger partial charge in [-0.25, -0.2) is 4.79 Å². The average molecular weight is 372 g/mol. The fourth-order valence-corrected chi connectivity index (χ4v) is 4.04. The van der Waals surface area contributed by atoms with Gasteiger partial charge in [0.15, 0.2) is 6.61 Å². The number of fused-ring (bicyclic) bond motifs is 2. The highest BCUT2D eigenvalue weighted by Crippen LogP contribution is 2.28. The van der Waals surface area contributed by atoms with E-state index in [2.05, 4.69) is 4.98 Å². The van der Waals surface area contributed by atoms with Crippen molar-refractivity contribution >= 4 is 22.8 Å². The number of nitrogens with one attached hydrogen (secondary N) is 1. The number of amides is 1. The number of H-pyrrole nitrogens is 1. The Bertz CT molecular complexity index is 844. The quantitative estimate of drug-likeness (QED) is 0.834. The first-order chi connectivity index (χ1) is 13.2. The predicted octanol–water partition coefficient (Wildman–Crippen LogP) is 2.50. The van der Waals surface area contributed by atoms with E-state index in [0.29, 0.717) is 24.6 Å². The molecular weight excluding hydrogens is 348 g/mol. The first kappa shape index (κ1) is 17.9. The van der Waals surface area contributed by atoms with Crippen molar-refractivity contribution in [3.8, 4) is 5.75 Å². The number of ether oxygens (including phenoxy) is 3. The predicted molar refractivity (Wildman–Crippen MR) is 98.8 cm³/mol. The Kier molecular flexibility index (Phi) is 5.03. The standard InChI is InChI=1S/C20H24N2O5/c1-25-14-7-6-13-10-16(21-15(13)11-14)20(24)27-12-19(23)22-8-9-26-18-5-3-2-4-17(18)22/h6-7,10-11,17-18,21H,2-5,8-9,12H2,1H3/t17-,18+/m0/s1. The average Bonchev–Trinajstić information content (AvgIpc) is 3.14. The van der Waals surface area contributed by atoms with E-state index < -0.39 is 5.97 Å². The highest BCUT2D eigenvalue weighted by molar-refractivity contribution is 5.96. The molecule has 2 aromatic rings. The molecule has 4 rings (SSSR count). The van der Waals surface area contributed by atoms with Crippen LogP contribution in [0, 0.1) is 0 Å². The summed E-state index contributed by atoms with van der Waals surface area (Å²) < 4.78 is 16.3. The zero-order chi connectivity index (χ0) is 18.8. The fourth-order valence-electron chi connectivity index (χ4n) is 4.04. The second kappa shape index (κ2) is 7.60. The molecule has 2 atom stereocenters. The minimum Gasteiger partial charge on any atom is -0.497 e. The largest absolute Gasteiger partial charge is 0.497 e. The highest BCUT2D eigenvalue weighted by Gasteiger charge is 2.36. The van der Waals surface area contributed by atoms with Gasteiger partial charge in [0.1, 0.15) is 11.4 Å². The van der Waals surface area contributed by atoms with Gasteiger partial charge < -0.3 is 24.1 Å². The van der Waals surface area contributed by atoms with Crippen molar-refractivity contribution in [3.05, 3.63) is 30.0 Å². The van der Waals surface area contributed by atoms with Crippen molar-refractivity contribution in [2.24, 2.45) is 0 Å². The Morgan fingerprint density at radius 1 is 1.26 bits per heavy atom. The second-order valence-corrected chi connectivity index (χ2v) is 7.06. The van der Waals surface area contributed by atoms with E-state index in [1.54, 1.807) is 13.2 Å². The van der Waals surface area contributed by atoms with Gasteiger partial charge in [0, 0.05) is 23.5 Å². The minimum absolute atomic E-state index is 0.110. The van der Waals surface area contributed by atoms with Gasteiger partial charge in [0.05, 0.1) is 25.9 Å². The third kappa shape index (κ3) is 3.64. The van der Waals surface area contributed by atoms with Gasteiger partial charge in [-0.2, -0.15) is 0 Å². The number of hydrogen-bond acceptors (Lipinski definition) is 5. The fraction of sp³-hybridized carbons (Fsp3) is 0.500. The number of aromatic amines is 1. The lowest BCUT2D eigenvalue weighted by Crippen LogP contribution is -2.55. The van der Waals surface area contributed by atoms with Crippen LogP contribution in [0.2, 0.25) is 0 Å². The molecule has 1 aromatic heterocycles. The molecule has 2 heterocycles. The summed E-state index contributed by atoms with van der Waals surface area (Å²) in [4.78, 5) is 29.8. The molecule has 2 aliphatic rings. The third-order valence-electron chi connectivity index (χ3n) is 5.43. The first-order valence-electron chi connectivity index (χ1n) is 9.40. The zero-order valence-electron chi connectivity index (χ0n) is 15.4. The van der Waals surface area contributed by atoms with Crippen LogP contribution in [0.1, 0.15) is 36.2 Å². The van der Waals surface area contributed by atoms with Gasteiger partial charge in [0.2, 0.25) is 0 Å². The van der Waals surface area contributed by atoms with Crippen LogP contribution in [0.3, 0.4) is 0 Å². The maximum Gasteiger partial charge on any atom is 0.355 e. The molecule has 7 heteroatoms. The summed E-state index contributed by atoms with van der Waals surface area (Å²) in [5.41, 5.74) is 1.11. The van der Waals surface area contributed by atoms with Gasteiger partial charge in [0.25, 0.3) is 5.91 Å². The molecule has 0 unspecified atom stereocenters. The molecule has 1 aromatic carbocycles. The van der Waals surface area contributed by atoms with Crippen molar-refractivity contribution in [2.75, 3.05) is 26.9 Å². The molecular formula is C20H24N2O5. The number of hydrogen-bond donors (Lipinski definition) is 1. The van der Waals surface area contributed by atoms with E-state index in [1.165, 1.54) is 0 Å². The van der Waals surface area contributed by atoms with Crippen molar-refractivity contribution in [3.63, 3.8) is 0 Å². The number of carbonyl (C=O) groups is 2. The van der Waals surface area contributed by atoms with Crippen LogP contribution in [0.15, 0.2) is 24.3 Å². The van der Waals surface area contributed by atoms with Crippen molar-refractivity contribution in [1.82, 2.24) is 9.88 Å². The smallest absolute Gasteiger partial charge is 0.355 e. The van der Waals surface area contributed by atoms with Crippen LogP contribution in [0.4, 0.5) is 0 Å². The van der Waals surface area contributed by atoms with Crippen LogP contribution in [0.5, 0.6) is 5.75 Å². The molecule has 0 bridgehead atoms. The molecule has 1 saturated carbocycles. The highest BCUT2D eigenvalue weighted by atomic mass is 16.5. The van der Waals surface area contributed by atoms with Crippen LogP contribution < -0.4 is 4.74 Å². The molecule has 1 amide bonds. The summed E-state index contributed by atoms with van der Waals surface area (Å²) in [7, 11) is 1.59. The van der Waals surface area contributed by atoms with Crippen LogP contribution in [-0.2, 0) is 14.3 Å². The summed E-state index contributed by atoms with van der Waals surface area (Å²) in [6.45, 7) is 0.856. The molecule has 144 valence electrons. The number of methoxy groups -OCH3 is 1. The summed E-state index contributed by atoms with van der Waals surface area (Å²) in [5.74, 6) is 0.0158. The Morgan fingerprint density at radius 2 is 2.11 bits per heavy atom. The summed E-state index contributed by atoms with van der Waals surface area (Å²) in [6, 6.07) is 7.33. The molecule has 2 fully saturated rings. The number of rotatable bonds is 4. The van der Waals surface area contributed by atoms with Crippen molar-refractivity contribution in [1.29, 1.82) is 0 Å². The molecule has 27 heavy (non-hydrogen) atoms. The number of morpholine rings is 1. The maximum absolute atomic E-state index is 12.6. The lowest BCUT2D eigenvalue weighted by atomic mass is 9.90. The van der Waals surface area contributed by atoms with Gasteiger partial charge in [-0.3, -0.25) is 4.79 Å². The molecule has 1 N–H and O–H groups in total. The van der Waals surface area contributed by atoms with Crippen LogP contribution in [0.25, 0.3) is 10.9 Å². The first-order valence-corrected chi connectivity index (χ1v) is 9.40.